The van der Waals surface area contributed by atoms with E-state index in [-0.39, 0.29) is 6.42 Å². The Labute approximate surface area is 190 Å². The topological polar surface area (TPSA) is 84.9 Å². The van der Waals surface area contributed by atoms with Gasteiger partial charge in [-0.2, -0.15) is 0 Å². The van der Waals surface area contributed by atoms with Crippen molar-refractivity contribution in [2.45, 2.75) is 31.8 Å². The zero-order valence-corrected chi connectivity index (χ0v) is 19.5. The summed E-state index contributed by atoms with van der Waals surface area (Å²) >= 11 is 3.41. The molecule has 0 fully saturated rings. The fourth-order valence-corrected chi connectivity index (χ4v) is 4.37. The second-order valence-electron chi connectivity index (χ2n) is 7.94. The highest BCUT2D eigenvalue weighted by molar-refractivity contribution is 9.10. The molecule has 6 nitrogen and oxygen atoms in total. The van der Waals surface area contributed by atoms with Crippen LogP contribution < -0.4 is 5.32 Å². The lowest BCUT2D eigenvalue weighted by molar-refractivity contribution is -0.157. The number of anilines is 1. The van der Waals surface area contributed by atoms with Gasteiger partial charge >= 0.3 is 11.9 Å². The Hall–Kier alpha value is -2.64. The molecule has 0 saturated carbocycles. The second-order valence-corrected chi connectivity index (χ2v) is 8.85. The number of hydrogen-bond donors (Lipinski definition) is 2. The van der Waals surface area contributed by atoms with Crippen LogP contribution in [0.1, 0.15) is 30.4 Å². The number of halogens is 1. The Morgan fingerprint density at radius 2 is 1.68 bits per heavy atom. The van der Waals surface area contributed by atoms with Gasteiger partial charge in [-0.05, 0) is 43.7 Å². The Morgan fingerprint density at radius 1 is 1.06 bits per heavy atom. The van der Waals surface area contributed by atoms with E-state index in [0.29, 0.717) is 16.8 Å². The second kappa shape index (κ2) is 9.24. The maximum absolute atomic E-state index is 13.0. The van der Waals surface area contributed by atoms with Crippen LogP contribution in [-0.4, -0.2) is 36.9 Å². The van der Waals surface area contributed by atoms with Crippen molar-refractivity contribution in [2.75, 3.05) is 19.5 Å². The number of carbonyl (C=O) groups excluding carboxylic acids is 2. The third-order valence-corrected chi connectivity index (χ3v) is 6.14. The van der Waals surface area contributed by atoms with Gasteiger partial charge in [0.05, 0.1) is 31.3 Å². The lowest BCUT2D eigenvalue weighted by Crippen LogP contribution is -2.49. The number of methoxy groups -OCH3 is 2. The van der Waals surface area contributed by atoms with Crippen LogP contribution in [0.3, 0.4) is 0 Å². The average molecular weight is 488 g/mol. The Kier molecular flexibility index (Phi) is 6.86. The predicted molar refractivity (Wildman–Crippen MR) is 121 cm³/mol. The molecule has 31 heavy (non-hydrogen) atoms. The number of aliphatic hydroxyl groups is 1. The third-order valence-electron chi connectivity index (χ3n) is 5.61. The van der Waals surface area contributed by atoms with E-state index in [2.05, 4.69) is 21.2 Å². The molecule has 0 unspecified atom stereocenters. The molecule has 0 bridgehead atoms. The van der Waals surface area contributed by atoms with Gasteiger partial charge in [0.1, 0.15) is 0 Å². The molecule has 1 aliphatic rings. The van der Waals surface area contributed by atoms with Gasteiger partial charge in [-0.15, -0.1) is 0 Å². The van der Waals surface area contributed by atoms with Crippen molar-refractivity contribution < 1.29 is 24.2 Å². The Bertz CT molecular complexity index is 996. The van der Waals surface area contributed by atoms with Crippen LogP contribution in [0.4, 0.5) is 5.69 Å². The van der Waals surface area contributed by atoms with Crippen LogP contribution in [-0.2, 0) is 19.1 Å². The van der Waals surface area contributed by atoms with Gasteiger partial charge in [-0.3, -0.25) is 4.79 Å². The maximum atomic E-state index is 13.0. The fraction of sp³-hybridized carbons (Fsp3) is 0.333. The SMILES string of the molecule is COC(=O)C1=C(Nc2ccc(C)cc2)C[C@](C)(O)[C@H](C(=O)OC)[C@@H]1c1ccc(Br)cc1. The first-order chi connectivity index (χ1) is 14.7. The lowest BCUT2D eigenvalue weighted by Gasteiger charge is -2.42. The number of carbonyl (C=O) groups is 2. The molecule has 0 saturated heterocycles. The third kappa shape index (κ3) is 4.83. The molecule has 0 heterocycles. The van der Waals surface area contributed by atoms with Gasteiger partial charge in [-0.25, -0.2) is 4.79 Å². The standard InChI is InChI=1S/C24H26BrNO5/c1-14-5-11-17(12-6-14)26-18-13-24(2,29)21(23(28)31-4)19(20(18)22(27)30-3)15-7-9-16(25)10-8-15/h5-12,19,21,26,29H,13H2,1-4H3/t19-,21+,24+/m1/s1. The molecular formula is C24H26BrNO5. The van der Waals surface area contributed by atoms with Crippen molar-refractivity contribution in [3.05, 3.63) is 75.4 Å². The Morgan fingerprint density at radius 3 is 2.23 bits per heavy atom. The molecule has 0 aromatic heterocycles. The number of rotatable bonds is 5. The van der Waals surface area contributed by atoms with Crippen LogP contribution in [0.15, 0.2) is 64.3 Å². The zero-order valence-electron chi connectivity index (χ0n) is 17.9. The quantitative estimate of drug-likeness (QED) is 0.610. The summed E-state index contributed by atoms with van der Waals surface area (Å²) in [6.45, 7) is 3.57. The summed E-state index contributed by atoms with van der Waals surface area (Å²) in [6.07, 6.45) is 0.0537. The average Bonchev–Trinajstić information content (AvgIpc) is 2.74. The fourth-order valence-electron chi connectivity index (χ4n) is 4.11. The van der Waals surface area contributed by atoms with Gasteiger partial charge in [0.25, 0.3) is 0 Å². The van der Waals surface area contributed by atoms with Crippen molar-refractivity contribution in [1.82, 2.24) is 0 Å². The number of esters is 2. The normalized spacial score (nSPS) is 23.3. The molecule has 2 aromatic carbocycles. The summed E-state index contributed by atoms with van der Waals surface area (Å²) in [5, 5.41) is 14.6. The van der Waals surface area contributed by atoms with Crippen LogP contribution in [0, 0.1) is 12.8 Å². The Balaban J connectivity index is 2.23. The molecule has 7 heteroatoms. The number of hydrogen-bond acceptors (Lipinski definition) is 6. The molecule has 164 valence electrons. The zero-order chi connectivity index (χ0) is 22.8. The highest BCUT2D eigenvalue weighted by Gasteiger charge is 2.52. The highest BCUT2D eigenvalue weighted by atomic mass is 79.9. The first kappa shape index (κ1) is 23.0. The van der Waals surface area contributed by atoms with Gasteiger partial charge < -0.3 is 19.9 Å². The number of benzene rings is 2. The molecule has 0 spiro atoms. The van der Waals surface area contributed by atoms with E-state index in [9.17, 15) is 14.7 Å². The van der Waals surface area contributed by atoms with Gasteiger partial charge in [0.15, 0.2) is 0 Å². The predicted octanol–water partition coefficient (Wildman–Crippen LogP) is 4.32. The van der Waals surface area contributed by atoms with E-state index in [1.54, 1.807) is 6.92 Å². The minimum absolute atomic E-state index is 0.0537. The first-order valence-corrected chi connectivity index (χ1v) is 10.7. The molecule has 0 amide bonds. The number of nitrogens with one attached hydrogen (secondary N) is 1. The molecule has 3 atom stereocenters. The number of aryl methyl sites for hydroxylation is 1. The molecular weight excluding hydrogens is 462 g/mol. The van der Waals surface area contributed by atoms with Crippen LogP contribution >= 0.6 is 15.9 Å². The summed E-state index contributed by atoms with van der Waals surface area (Å²) in [4.78, 5) is 25.8. The van der Waals surface area contributed by atoms with Crippen LogP contribution in [0.25, 0.3) is 0 Å². The maximum Gasteiger partial charge on any atom is 0.336 e. The lowest BCUT2D eigenvalue weighted by atomic mass is 9.66. The minimum Gasteiger partial charge on any atom is -0.469 e. The van der Waals surface area contributed by atoms with Crippen LogP contribution in [0.2, 0.25) is 0 Å². The van der Waals surface area contributed by atoms with E-state index < -0.39 is 29.4 Å². The van der Waals surface area contributed by atoms with Gasteiger partial charge in [-0.1, -0.05) is 45.8 Å². The summed E-state index contributed by atoms with van der Waals surface area (Å²) in [6, 6.07) is 15.0. The van der Waals surface area contributed by atoms with Crippen molar-refractivity contribution in [3.63, 3.8) is 0 Å². The van der Waals surface area contributed by atoms with Crippen molar-refractivity contribution in [3.8, 4) is 0 Å². The van der Waals surface area contributed by atoms with Gasteiger partial charge in [0, 0.05) is 28.2 Å². The molecule has 1 aliphatic carbocycles. The van der Waals surface area contributed by atoms with Crippen LogP contribution in [0.5, 0.6) is 0 Å². The van der Waals surface area contributed by atoms with E-state index in [0.717, 1.165) is 15.7 Å². The van der Waals surface area contributed by atoms with Gasteiger partial charge in [0.2, 0.25) is 0 Å². The smallest absolute Gasteiger partial charge is 0.336 e. The van der Waals surface area contributed by atoms with E-state index in [4.69, 9.17) is 9.47 Å². The van der Waals surface area contributed by atoms with E-state index in [1.165, 1.54) is 14.2 Å². The molecule has 0 aliphatic heterocycles. The largest absolute Gasteiger partial charge is 0.469 e. The summed E-state index contributed by atoms with van der Waals surface area (Å²) in [5.74, 6) is -2.90. The molecule has 0 radical (unpaired) electrons. The van der Waals surface area contributed by atoms with E-state index >= 15 is 0 Å². The summed E-state index contributed by atoms with van der Waals surface area (Å²) < 4.78 is 11.0. The minimum atomic E-state index is -1.46. The molecule has 2 aromatic rings. The first-order valence-electron chi connectivity index (χ1n) is 9.88. The summed E-state index contributed by atoms with van der Waals surface area (Å²) in [5.41, 5.74) is 1.91. The molecule has 2 N–H and O–H groups in total. The van der Waals surface area contributed by atoms with Crippen molar-refractivity contribution in [2.24, 2.45) is 5.92 Å². The van der Waals surface area contributed by atoms with E-state index in [1.807, 2.05) is 55.5 Å². The summed E-state index contributed by atoms with van der Waals surface area (Å²) in [7, 11) is 2.58. The highest BCUT2D eigenvalue weighted by Crippen LogP contribution is 2.48. The number of ether oxygens (including phenoxy) is 2. The monoisotopic (exact) mass is 487 g/mol. The van der Waals surface area contributed by atoms with Crippen molar-refractivity contribution >= 4 is 33.6 Å². The molecule has 3 rings (SSSR count). The van der Waals surface area contributed by atoms with Crippen molar-refractivity contribution in [1.29, 1.82) is 0 Å².